The van der Waals surface area contributed by atoms with Gasteiger partial charge in [-0.05, 0) is 63.3 Å². The standard InChI is InChI=1S/C24H24N4O4S2.CH4/c1-13-20-22(34-21(13)24(31)32-16-6-4-3-5-7-16)25-12-28(23(20)30)11-19(29)27-15-8-9-17-18(10-15)33-14(2)26-17;/h8-10,12,16H,3-7,11H2,1-2H3,(H,27,29);1H4. The lowest BCUT2D eigenvalue weighted by Gasteiger charge is -2.21. The van der Waals surface area contributed by atoms with Crippen LogP contribution in [0, 0.1) is 13.8 Å². The van der Waals surface area contributed by atoms with Crippen LogP contribution in [-0.4, -0.2) is 32.5 Å². The molecule has 10 heteroatoms. The number of ether oxygens (including phenoxy) is 1. The molecular formula is C25H28N4O4S2. The summed E-state index contributed by atoms with van der Waals surface area (Å²) in [6.45, 7) is 3.49. The van der Waals surface area contributed by atoms with E-state index >= 15 is 0 Å². The topological polar surface area (TPSA) is 103 Å². The average molecular weight is 513 g/mol. The number of esters is 1. The third-order valence-corrected chi connectivity index (χ3v) is 8.14. The van der Waals surface area contributed by atoms with Crippen LogP contribution < -0.4 is 10.9 Å². The van der Waals surface area contributed by atoms with Gasteiger partial charge < -0.3 is 10.1 Å². The molecule has 1 fully saturated rings. The molecule has 0 aliphatic heterocycles. The number of hydrogen-bond donors (Lipinski definition) is 1. The monoisotopic (exact) mass is 512 g/mol. The maximum absolute atomic E-state index is 13.1. The first-order chi connectivity index (χ1) is 16.4. The van der Waals surface area contributed by atoms with Gasteiger partial charge in [0.2, 0.25) is 5.91 Å². The predicted octanol–water partition coefficient (Wildman–Crippen LogP) is 5.45. The van der Waals surface area contributed by atoms with E-state index in [1.54, 1.807) is 24.3 Å². The van der Waals surface area contributed by atoms with Crippen LogP contribution in [0.25, 0.3) is 20.4 Å². The van der Waals surface area contributed by atoms with Gasteiger partial charge >= 0.3 is 5.97 Å². The minimum absolute atomic E-state index is 0. The number of aryl methyl sites for hydroxylation is 2. The number of carbonyl (C=O) groups excluding carboxylic acids is 2. The Bertz CT molecular complexity index is 1460. The SMILES string of the molecule is C.Cc1nc2ccc(NC(=O)Cn3cnc4sc(C(=O)OC5CCCCC5)c(C)c4c3=O)cc2s1. The smallest absolute Gasteiger partial charge is 0.348 e. The fourth-order valence-electron chi connectivity index (χ4n) is 4.33. The van der Waals surface area contributed by atoms with Gasteiger partial charge in [0.1, 0.15) is 22.4 Å². The fourth-order valence-corrected chi connectivity index (χ4v) is 6.22. The highest BCUT2D eigenvalue weighted by molar-refractivity contribution is 7.20. The van der Waals surface area contributed by atoms with Crippen LogP contribution in [0.1, 0.15) is 59.8 Å². The molecule has 0 unspecified atom stereocenters. The van der Waals surface area contributed by atoms with Crippen molar-refractivity contribution in [2.45, 2.75) is 66.0 Å². The van der Waals surface area contributed by atoms with E-state index in [0.29, 0.717) is 26.3 Å². The first kappa shape index (κ1) is 25.0. The van der Waals surface area contributed by atoms with E-state index in [9.17, 15) is 14.4 Å². The average Bonchev–Trinajstić information content (AvgIpc) is 3.35. The minimum Gasteiger partial charge on any atom is -0.458 e. The largest absolute Gasteiger partial charge is 0.458 e. The summed E-state index contributed by atoms with van der Waals surface area (Å²) in [7, 11) is 0. The lowest BCUT2D eigenvalue weighted by molar-refractivity contribution is -0.116. The Morgan fingerprint density at radius 3 is 2.71 bits per heavy atom. The van der Waals surface area contributed by atoms with Gasteiger partial charge in [0.05, 0.1) is 26.9 Å². The second-order valence-electron chi connectivity index (χ2n) is 8.54. The molecule has 1 aliphatic rings. The van der Waals surface area contributed by atoms with Gasteiger partial charge in [-0.3, -0.25) is 14.2 Å². The van der Waals surface area contributed by atoms with E-state index in [0.717, 1.165) is 52.2 Å². The Morgan fingerprint density at radius 2 is 1.94 bits per heavy atom. The number of fused-ring (bicyclic) bond motifs is 2. The van der Waals surface area contributed by atoms with Crippen molar-refractivity contribution >= 4 is 60.7 Å². The lowest BCUT2D eigenvalue weighted by Crippen LogP contribution is -2.28. The summed E-state index contributed by atoms with van der Waals surface area (Å²) < 4.78 is 7.94. The molecule has 0 atom stereocenters. The quantitative estimate of drug-likeness (QED) is 0.357. The molecular weight excluding hydrogens is 484 g/mol. The van der Waals surface area contributed by atoms with Gasteiger partial charge in [0.25, 0.3) is 5.56 Å². The third kappa shape index (κ3) is 5.13. The van der Waals surface area contributed by atoms with E-state index in [2.05, 4.69) is 15.3 Å². The normalized spacial score (nSPS) is 14.1. The molecule has 5 rings (SSSR count). The maximum Gasteiger partial charge on any atom is 0.348 e. The zero-order chi connectivity index (χ0) is 23.8. The van der Waals surface area contributed by atoms with E-state index in [1.165, 1.54) is 17.3 Å². The number of benzene rings is 1. The van der Waals surface area contributed by atoms with Crippen LogP contribution in [0.15, 0.2) is 29.3 Å². The summed E-state index contributed by atoms with van der Waals surface area (Å²) in [4.78, 5) is 48.2. The molecule has 184 valence electrons. The van der Waals surface area contributed by atoms with Crippen molar-refractivity contribution in [1.82, 2.24) is 14.5 Å². The first-order valence-corrected chi connectivity index (χ1v) is 12.9. The van der Waals surface area contributed by atoms with Crippen LogP contribution in [0.5, 0.6) is 0 Å². The Kier molecular flexibility index (Phi) is 7.32. The van der Waals surface area contributed by atoms with Crippen LogP contribution in [0.2, 0.25) is 0 Å². The zero-order valence-corrected chi connectivity index (χ0v) is 20.6. The van der Waals surface area contributed by atoms with Gasteiger partial charge in [0, 0.05) is 5.69 Å². The van der Waals surface area contributed by atoms with Gasteiger partial charge in [-0.1, -0.05) is 13.8 Å². The Labute approximate surface area is 211 Å². The molecule has 1 N–H and O–H groups in total. The lowest BCUT2D eigenvalue weighted by atomic mass is 9.98. The summed E-state index contributed by atoms with van der Waals surface area (Å²) in [6, 6.07) is 5.52. The van der Waals surface area contributed by atoms with E-state index in [1.807, 2.05) is 19.1 Å². The Hall–Kier alpha value is -3.11. The highest BCUT2D eigenvalue weighted by Gasteiger charge is 2.24. The summed E-state index contributed by atoms with van der Waals surface area (Å²) >= 11 is 2.72. The molecule has 35 heavy (non-hydrogen) atoms. The van der Waals surface area contributed by atoms with E-state index in [-0.39, 0.29) is 31.5 Å². The van der Waals surface area contributed by atoms with Crippen molar-refractivity contribution in [3.05, 3.63) is 50.3 Å². The zero-order valence-electron chi connectivity index (χ0n) is 18.9. The van der Waals surface area contributed by atoms with Crippen molar-refractivity contribution < 1.29 is 14.3 Å². The van der Waals surface area contributed by atoms with Gasteiger partial charge in [-0.2, -0.15) is 0 Å². The highest BCUT2D eigenvalue weighted by atomic mass is 32.1. The molecule has 1 aliphatic carbocycles. The van der Waals surface area contributed by atoms with Crippen molar-refractivity contribution in [2.75, 3.05) is 5.32 Å². The van der Waals surface area contributed by atoms with Crippen molar-refractivity contribution in [2.24, 2.45) is 0 Å². The number of hydrogen-bond acceptors (Lipinski definition) is 8. The van der Waals surface area contributed by atoms with Gasteiger partial charge in [-0.15, -0.1) is 22.7 Å². The van der Waals surface area contributed by atoms with Crippen LogP contribution >= 0.6 is 22.7 Å². The van der Waals surface area contributed by atoms with E-state index in [4.69, 9.17) is 4.74 Å². The predicted molar refractivity (Wildman–Crippen MR) is 141 cm³/mol. The number of carbonyl (C=O) groups is 2. The molecule has 4 aromatic rings. The molecule has 1 saturated carbocycles. The molecule has 0 radical (unpaired) electrons. The summed E-state index contributed by atoms with van der Waals surface area (Å²) in [5.41, 5.74) is 1.73. The number of amides is 1. The summed E-state index contributed by atoms with van der Waals surface area (Å²) in [6.07, 6.45) is 6.35. The van der Waals surface area contributed by atoms with Crippen molar-refractivity contribution in [3.63, 3.8) is 0 Å². The molecule has 1 amide bonds. The number of aromatic nitrogens is 3. The Morgan fingerprint density at radius 1 is 1.17 bits per heavy atom. The second kappa shape index (κ2) is 10.2. The third-order valence-electron chi connectivity index (χ3n) is 6.02. The van der Waals surface area contributed by atoms with Crippen LogP contribution in [0.3, 0.4) is 0 Å². The van der Waals surface area contributed by atoms with Crippen LogP contribution in [0.4, 0.5) is 5.69 Å². The molecule has 8 nitrogen and oxygen atoms in total. The molecule has 1 aromatic carbocycles. The number of nitrogens with zero attached hydrogens (tertiary/aromatic N) is 3. The van der Waals surface area contributed by atoms with Crippen LogP contribution in [-0.2, 0) is 16.1 Å². The van der Waals surface area contributed by atoms with Gasteiger partial charge in [-0.25, -0.2) is 14.8 Å². The number of rotatable bonds is 5. The Balaban J connectivity index is 0.00000289. The summed E-state index contributed by atoms with van der Waals surface area (Å²) in [5.74, 6) is -0.738. The molecule has 0 bridgehead atoms. The molecule has 3 heterocycles. The first-order valence-electron chi connectivity index (χ1n) is 11.3. The number of nitrogens with one attached hydrogen (secondary N) is 1. The van der Waals surface area contributed by atoms with E-state index < -0.39 is 5.97 Å². The number of thiophene rings is 1. The van der Waals surface area contributed by atoms with Crippen molar-refractivity contribution in [1.29, 1.82) is 0 Å². The minimum atomic E-state index is -0.398. The molecule has 0 spiro atoms. The van der Waals surface area contributed by atoms with Gasteiger partial charge in [0.15, 0.2) is 0 Å². The van der Waals surface area contributed by atoms with Crippen molar-refractivity contribution in [3.8, 4) is 0 Å². The highest BCUT2D eigenvalue weighted by Crippen LogP contribution is 2.29. The maximum atomic E-state index is 13.1. The number of thiazole rings is 1. The molecule has 3 aromatic heterocycles. The molecule has 0 saturated heterocycles. The number of anilines is 1. The fraction of sp³-hybridized carbons (Fsp3) is 0.400. The second-order valence-corrected chi connectivity index (χ2v) is 10.8. The summed E-state index contributed by atoms with van der Waals surface area (Å²) in [5, 5.41) is 4.15.